The van der Waals surface area contributed by atoms with Crippen LogP contribution >= 0.6 is 11.6 Å². The van der Waals surface area contributed by atoms with Crippen molar-refractivity contribution < 1.29 is 8.42 Å². The Bertz CT molecular complexity index is 855. The number of hydrogen-bond acceptors (Lipinski definition) is 6. The number of nitrogens with zero attached hydrogens (tertiary/aromatic N) is 4. The second-order valence-corrected chi connectivity index (χ2v) is 8.03. The number of fused-ring (bicyclic) bond motifs is 1. The van der Waals surface area contributed by atoms with Crippen molar-refractivity contribution in [1.29, 1.82) is 0 Å². The second-order valence-electron chi connectivity index (χ2n) is 5.76. The molecule has 0 aromatic carbocycles. The fourth-order valence-electron chi connectivity index (χ4n) is 2.58. The number of halogens is 1. The molecule has 0 bridgehead atoms. The largest absolute Gasteiger partial charge is 0.294 e. The Morgan fingerprint density at radius 3 is 2.78 bits per heavy atom. The Hall–Kier alpha value is -1.57. The van der Waals surface area contributed by atoms with E-state index in [1.807, 2.05) is 19.1 Å². The van der Waals surface area contributed by atoms with Crippen LogP contribution in [0.4, 0.5) is 0 Å². The van der Waals surface area contributed by atoms with Crippen LogP contribution in [0.1, 0.15) is 22.5 Å². The summed E-state index contributed by atoms with van der Waals surface area (Å²) in [6, 6.07) is 3.93. The van der Waals surface area contributed by atoms with E-state index in [1.165, 1.54) is 0 Å². The summed E-state index contributed by atoms with van der Waals surface area (Å²) in [4.78, 5) is 14.7. The van der Waals surface area contributed by atoms with E-state index < -0.39 is 9.84 Å². The summed E-state index contributed by atoms with van der Waals surface area (Å²) in [6.07, 6.45) is 3.42. The Kier molecular flexibility index (Phi) is 4.35. The predicted molar refractivity (Wildman–Crippen MR) is 86.9 cm³/mol. The normalized spacial score (nSPS) is 15.4. The molecule has 23 heavy (non-hydrogen) atoms. The molecule has 0 unspecified atom stereocenters. The van der Waals surface area contributed by atoms with Gasteiger partial charge in [0.2, 0.25) is 15.0 Å². The highest BCUT2D eigenvalue weighted by Gasteiger charge is 2.21. The van der Waals surface area contributed by atoms with Crippen LogP contribution in [0.15, 0.2) is 23.5 Å². The molecule has 0 saturated heterocycles. The number of aryl methyl sites for hydroxylation is 1. The van der Waals surface area contributed by atoms with Crippen molar-refractivity contribution in [3.05, 3.63) is 46.0 Å². The van der Waals surface area contributed by atoms with E-state index in [1.54, 1.807) is 6.20 Å². The van der Waals surface area contributed by atoms with Gasteiger partial charge >= 0.3 is 0 Å². The molecule has 0 aliphatic carbocycles. The predicted octanol–water partition coefficient (Wildman–Crippen LogP) is 1.80. The van der Waals surface area contributed by atoms with Gasteiger partial charge in [0.1, 0.15) is 5.15 Å². The van der Waals surface area contributed by atoms with Crippen LogP contribution in [0, 0.1) is 6.92 Å². The average molecular weight is 353 g/mol. The molecule has 1 aliphatic rings. The van der Waals surface area contributed by atoms with Gasteiger partial charge in [-0.05, 0) is 13.0 Å². The average Bonchev–Trinajstić information content (AvgIpc) is 2.48. The Morgan fingerprint density at radius 1 is 1.30 bits per heavy atom. The lowest BCUT2D eigenvalue weighted by Gasteiger charge is -2.28. The number of hydrogen-bond donors (Lipinski definition) is 0. The molecule has 0 fully saturated rings. The van der Waals surface area contributed by atoms with Gasteiger partial charge in [-0.3, -0.25) is 4.90 Å². The molecule has 3 heterocycles. The third-order valence-corrected chi connectivity index (χ3v) is 4.97. The molecule has 2 aromatic heterocycles. The monoisotopic (exact) mass is 352 g/mol. The van der Waals surface area contributed by atoms with Crippen molar-refractivity contribution in [1.82, 2.24) is 19.9 Å². The molecule has 1 aliphatic heterocycles. The summed E-state index contributed by atoms with van der Waals surface area (Å²) < 4.78 is 23.1. The number of pyridine rings is 1. The van der Waals surface area contributed by atoms with Crippen LogP contribution in [-0.2, 0) is 29.3 Å². The molecule has 3 rings (SSSR count). The molecule has 0 saturated carbocycles. The minimum Gasteiger partial charge on any atom is -0.294 e. The molecule has 0 spiro atoms. The maximum absolute atomic E-state index is 11.5. The molecule has 0 atom stereocenters. The zero-order chi connectivity index (χ0) is 16.6. The van der Waals surface area contributed by atoms with Crippen molar-refractivity contribution in [2.24, 2.45) is 0 Å². The zero-order valence-electron chi connectivity index (χ0n) is 13.0. The number of rotatable bonds is 3. The van der Waals surface area contributed by atoms with E-state index in [4.69, 9.17) is 11.6 Å². The van der Waals surface area contributed by atoms with Gasteiger partial charge in [-0.1, -0.05) is 17.7 Å². The van der Waals surface area contributed by atoms with Crippen molar-refractivity contribution >= 4 is 21.4 Å². The molecule has 0 radical (unpaired) electrons. The summed E-state index contributed by atoms with van der Waals surface area (Å²) in [7, 11) is -3.37. The van der Waals surface area contributed by atoms with Gasteiger partial charge in [-0.2, -0.15) is 0 Å². The third kappa shape index (κ3) is 3.68. The zero-order valence-corrected chi connectivity index (χ0v) is 14.5. The van der Waals surface area contributed by atoms with Crippen molar-refractivity contribution in [3.63, 3.8) is 0 Å². The van der Waals surface area contributed by atoms with E-state index in [9.17, 15) is 8.42 Å². The first kappa shape index (κ1) is 16.3. The van der Waals surface area contributed by atoms with E-state index in [0.717, 1.165) is 35.3 Å². The highest BCUT2D eigenvalue weighted by Crippen LogP contribution is 2.22. The molecule has 0 amide bonds. The fourth-order valence-corrected chi connectivity index (χ4v) is 3.36. The van der Waals surface area contributed by atoms with Gasteiger partial charge < -0.3 is 0 Å². The van der Waals surface area contributed by atoms with Crippen LogP contribution < -0.4 is 0 Å². The fraction of sp³-hybridized carbons (Fsp3) is 0.400. The van der Waals surface area contributed by atoms with Crippen molar-refractivity contribution in [2.75, 3.05) is 12.8 Å². The van der Waals surface area contributed by atoms with Gasteiger partial charge in [0, 0.05) is 55.3 Å². The van der Waals surface area contributed by atoms with E-state index in [-0.39, 0.29) is 5.16 Å². The topological polar surface area (TPSA) is 76.1 Å². The minimum absolute atomic E-state index is 0.101. The molecule has 8 heteroatoms. The molecule has 122 valence electrons. The second kappa shape index (κ2) is 6.14. The standard InChI is InChI=1S/C15H17ClN4O2S/c1-10-3-4-11(14(16)18-10)8-20-6-5-13-12(9-20)7-17-15(19-13)23(2,21)22/h3-4,7H,5-6,8-9H2,1-2H3. The van der Waals surface area contributed by atoms with E-state index in [2.05, 4.69) is 19.9 Å². The highest BCUT2D eigenvalue weighted by molar-refractivity contribution is 7.90. The summed E-state index contributed by atoms with van der Waals surface area (Å²) in [5, 5.41) is 0.426. The van der Waals surface area contributed by atoms with Crippen molar-refractivity contribution in [3.8, 4) is 0 Å². The molecule has 2 aromatic rings. The quantitative estimate of drug-likeness (QED) is 0.619. The molecular weight excluding hydrogens is 336 g/mol. The van der Waals surface area contributed by atoms with Gasteiger partial charge in [0.05, 0.1) is 5.69 Å². The van der Waals surface area contributed by atoms with Gasteiger partial charge in [-0.25, -0.2) is 23.4 Å². The summed E-state index contributed by atoms with van der Waals surface area (Å²) in [5.74, 6) is 0. The Labute approximate surface area is 140 Å². The number of aromatic nitrogens is 3. The van der Waals surface area contributed by atoms with Crippen LogP contribution in [0.3, 0.4) is 0 Å². The van der Waals surface area contributed by atoms with Gasteiger partial charge in [0.25, 0.3) is 0 Å². The lowest BCUT2D eigenvalue weighted by Crippen LogP contribution is -2.31. The van der Waals surface area contributed by atoms with Crippen molar-refractivity contribution in [2.45, 2.75) is 31.6 Å². The van der Waals surface area contributed by atoms with Gasteiger partial charge in [-0.15, -0.1) is 0 Å². The lowest BCUT2D eigenvalue weighted by molar-refractivity contribution is 0.242. The van der Waals surface area contributed by atoms with Gasteiger partial charge in [0.15, 0.2) is 0 Å². The first-order valence-corrected chi connectivity index (χ1v) is 9.49. The van der Waals surface area contributed by atoms with Crippen LogP contribution in [0.25, 0.3) is 0 Å². The minimum atomic E-state index is -3.37. The maximum atomic E-state index is 11.5. The van der Waals surface area contributed by atoms with Crippen LogP contribution in [0.5, 0.6) is 0 Å². The summed E-state index contributed by atoms with van der Waals surface area (Å²) in [5.41, 5.74) is 3.64. The molecular formula is C15H17ClN4O2S. The summed E-state index contributed by atoms with van der Waals surface area (Å²) >= 11 is 6.19. The Balaban J connectivity index is 1.78. The van der Waals surface area contributed by atoms with Crippen LogP contribution in [-0.4, -0.2) is 41.1 Å². The van der Waals surface area contributed by atoms with Crippen LogP contribution in [0.2, 0.25) is 5.15 Å². The third-order valence-electron chi connectivity index (χ3n) is 3.78. The first-order valence-electron chi connectivity index (χ1n) is 7.22. The first-order chi connectivity index (χ1) is 10.8. The molecule has 0 N–H and O–H groups in total. The number of sulfone groups is 1. The van der Waals surface area contributed by atoms with E-state index in [0.29, 0.717) is 24.7 Å². The maximum Gasteiger partial charge on any atom is 0.246 e. The van der Waals surface area contributed by atoms with E-state index >= 15 is 0 Å². The smallest absolute Gasteiger partial charge is 0.246 e. The Morgan fingerprint density at radius 2 is 2.09 bits per heavy atom. The molecule has 6 nitrogen and oxygen atoms in total. The summed E-state index contributed by atoms with van der Waals surface area (Å²) in [6.45, 7) is 4.06. The lowest BCUT2D eigenvalue weighted by atomic mass is 10.1. The SMILES string of the molecule is Cc1ccc(CN2CCc3nc(S(C)(=O)=O)ncc3C2)c(Cl)n1. The highest BCUT2D eigenvalue weighted by atomic mass is 35.5.